The molecule has 0 aliphatic carbocycles. The van der Waals surface area contributed by atoms with Crippen LogP contribution in [0.15, 0.2) is 24.3 Å². The largest absolute Gasteiger partial charge is 0.324 e. The first-order valence-corrected chi connectivity index (χ1v) is 7.90. The van der Waals surface area contributed by atoms with Crippen LogP contribution in [0.5, 0.6) is 0 Å². The summed E-state index contributed by atoms with van der Waals surface area (Å²) >= 11 is 5.94. The zero-order valence-electron chi connectivity index (χ0n) is 13.0. The topological polar surface area (TPSA) is 35.6 Å². The van der Waals surface area contributed by atoms with E-state index < -0.39 is 0 Å². The van der Waals surface area contributed by atoms with Crippen LogP contribution in [0.3, 0.4) is 0 Å². The average molecular weight is 310 g/mol. The minimum atomic E-state index is -0.0703. The van der Waals surface area contributed by atoms with Crippen LogP contribution in [0.4, 0.5) is 10.5 Å². The number of rotatable bonds is 3. The van der Waals surface area contributed by atoms with Crippen molar-refractivity contribution in [3.05, 3.63) is 29.3 Å². The average Bonchev–Trinajstić information content (AvgIpc) is 2.46. The smallest absolute Gasteiger partial charge is 0.321 e. The van der Waals surface area contributed by atoms with Gasteiger partial charge in [0.15, 0.2) is 0 Å². The number of piperidine rings is 1. The molecule has 0 spiro atoms. The normalized spacial score (nSPS) is 22.9. The number of halogens is 1. The highest BCUT2D eigenvalue weighted by atomic mass is 35.5. The van der Waals surface area contributed by atoms with Crippen molar-refractivity contribution in [3.63, 3.8) is 0 Å². The molecule has 1 N–H and O–H groups in total. The second-order valence-corrected chi connectivity index (χ2v) is 6.21. The number of hydrogen-bond acceptors (Lipinski definition) is 2. The summed E-state index contributed by atoms with van der Waals surface area (Å²) in [4.78, 5) is 16.6. The quantitative estimate of drug-likeness (QED) is 0.927. The Labute approximate surface area is 132 Å². The molecule has 0 aromatic heterocycles. The van der Waals surface area contributed by atoms with Crippen LogP contribution in [0.2, 0.25) is 5.02 Å². The molecule has 1 aromatic rings. The van der Waals surface area contributed by atoms with Crippen LogP contribution in [-0.2, 0) is 0 Å². The van der Waals surface area contributed by atoms with Gasteiger partial charge in [-0.1, -0.05) is 31.5 Å². The molecule has 2 amide bonds. The Hall–Kier alpha value is -1.26. The number of likely N-dealkylation sites (tertiary alicyclic amines) is 1. The second-order valence-electron chi connectivity index (χ2n) is 5.78. The Balaban J connectivity index is 1.96. The summed E-state index contributed by atoms with van der Waals surface area (Å²) in [5.41, 5.74) is 0.734. The van der Waals surface area contributed by atoms with E-state index in [1.807, 2.05) is 24.1 Å². The van der Waals surface area contributed by atoms with E-state index in [-0.39, 0.29) is 12.1 Å². The van der Waals surface area contributed by atoms with Crippen LogP contribution in [0, 0.1) is 5.92 Å². The molecule has 2 rings (SSSR count). The van der Waals surface area contributed by atoms with E-state index >= 15 is 0 Å². The first-order valence-electron chi connectivity index (χ1n) is 7.53. The zero-order valence-corrected chi connectivity index (χ0v) is 13.7. The van der Waals surface area contributed by atoms with E-state index in [4.69, 9.17) is 11.6 Å². The predicted molar refractivity (Wildman–Crippen MR) is 87.9 cm³/mol. The Kier molecular flexibility index (Phi) is 5.48. The van der Waals surface area contributed by atoms with Crippen molar-refractivity contribution in [1.29, 1.82) is 0 Å². The Morgan fingerprint density at radius 1 is 1.52 bits per heavy atom. The van der Waals surface area contributed by atoms with Crippen molar-refractivity contribution in [2.75, 3.05) is 32.0 Å². The third-order valence-electron chi connectivity index (χ3n) is 4.29. The number of amides is 2. The van der Waals surface area contributed by atoms with Crippen LogP contribution in [-0.4, -0.2) is 48.6 Å². The molecule has 5 heteroatoms. The van der Waals surface area contributed by atoms with E-state index in [9.17, 15) is 4.79 Å². The van der Waals surface area contributed by atoms with E-state index in [0.717, 1.165) is 31.7 Å². The summed E-state index contributed by atoms with van der Waals surface area (Å²) in [5.74, 6) is 0.480. The van der Waals surface area contributed by atoms with Crippen molar-refractivity contribution in [1.82, 2.24) is 9.80 Å². The van der Waals surface area contributed by atoms with Gasteiger partial charge in [-0.05, 0) is 37.1 Å². The second kappa shape index (κ2) is 7.14. The molecule has 1 saturated heterocycles. The van der Waals surface area contributed by atoms with E-state index in [1.165, 1.54) is 0 Å². The first kappa shape index (κ1) is 16.1. The molecule has 1 heterocycles. The summed E-state index contributed by atoms with van der Waals surface area (Å²) < 4.78 is 0. The number of hydrogen-bond donors (Lipinski definition) is 1. The van der Waals surface area contributed by atoms with Gasteiger partial charge in [-0.15, -0.1) is 0 Å². The fourth-order valence-corrected chi connectivity index (χ4v) is 3.20. The fraction of sp³-hybridized carbons (Fsp3) is 0.562. The molecule has 1 aromatic carbocycles. The molecule has 0 bridgehead atoms. The third kappa shape index (κ3) is 4.11. The Bertz CT molecular complexity index is 494. The summed E-state index contributed by atoms with van der Waals surface area (Å²) in [6, 6.07) is 7.45. The number of benzene rings is 1. The van der Waals surface area contributed by atoms with Gasteiger partial charge >= 0.3 is 6.03 Å². The van der Waals surface area contributed by atoms with Gasteiger partial charge < -0.3 is 15.1 Å². The number of nitrogens with one attached hydrogen (secondary N) is 1. The van der Waals surface area contributed by atoms with E-state index in [1.54, 1.807) is 12.1 Å². The maximum Gasteiger partial charge on any atom is 0.321 e. The molecule has 4 nitrogen and oxygen atoms in total. The molecule has 1 aliphatic rings. The number of nitrogens with zero attached hydrogens (tertiary/aromatic N) is 2. The van der Waals surface area contributed by atoms with Gasteiger partial charge in [0.25, 0.3) is 0 Å². The SMILES string of the molecule is CCN1CC[C@@H](N(C)C(=O)Nc2cccc(Cl)c2)[C@H](C)C1. The Morgan fingerprint density at radius 2 is 2.29 bits per heavy atom. The molecule has 1 fully saturated rings. The third-order valence-corrected chi connectivity index (χ3v) is 4.52. The molecule has 21 heavy (non-hydrogen) atoms. The van der Waals surface area contributed by atoms with Crippen LogP contribution < -0.4 is 5.32 Å². The zero-order chi connectivity index (χ0) is 15.4. The lowest BCUT2D eigenvalue weighted by atomic mass is 9.93. The number of urea groups is 1. The van der Waals surface area contributed by atoms with Crippen molar-refractivity contribution in [3.8, 4) is 0 Å². The van der Waals surface area contributed by atoms with Crippen molar-refractivity contribution in [2.45, 2.75) is 26.3 Å². The molecule has 0 unspecified atom stereocenters. The standard InChI is InChI=1S/C16H24ClN3O/c1-4-20-9-8-15(12(2)11-20)19(3)16(21)18-14-7-5-6-13(17)10-14/h5-7,10,12,15H,4,8-9,11H2,1-3H3,(H,18,21)/t12-,15-/m1/s1. The maximum absolute atomic E-state index is 12.4. The van der Waals surface area contributed by atoms with Gasteiger partial charge in [0, 0.05) is 36.9 Å². The monoisotopic (exact) mass is 309 g/mol. The van der Waals surface area contributed by atoms with Gasteiger partial charge in [-0.3, -0.25) is 0 Å². The van der Waals surface area contributed by atoms with Crippen LogP contribution in [0.1, 0.15) is 20.3 Å². The highest BCUT2D eigenvalue weighted by Crippen LogP contribution is 2.22. The molecular weight excluding hydrogens is 286 g/mol. The van der Waals surface area contributed by atoms with Crippen molar-refractivity contribution >= 4 is 23.3 Å². The number of carbonyl (C=O) groups is 1. The summed E-state index contributed by atoms with van der Waals surface area (Å²) in [5, 5.41) is 3.54. The Morgan fingerprint density at radius 3 is 2.90 bits per heavy atom. The summed E-state index contributed by atoms with van der Waals surface area (Å²) in [7, 11) is 1.88. The fourth-order valence-electron chi connectivity index (χ4n) is 3.01. The van der Waals surface area contributed by atoms with Crippen molar-refractivity contribution < 1.29 is 4.79 Å². The molecule has 0 radical (unpaired) electrons. The molecule has 1 aliphatic heterocycles. The minimum absolute atomic E-state index is 0.0703. The number of carbonyl (C=O) groups excluding carboxylic acids is 1. The molecule has 0 saturated carbocycles. The first-order chi connectivity index (χ1) is 10.0. The van der Waals surface area contributed by atoms with Gasteiger partial charge in [-0.2, -0.15) is 0 Å². The minimum Gasteiger partial charge on any atom is -0.324 e. The van der Waals surface area contributed by atoms with Gasteiger partial charge in [-0.25, -0.2) is 4.79 Å². The van der Waals surface area contributed by atoms with Crippen molar-refractivity contribution in [2.24, 2.45) is 5.92 Å². The highest BCUT2D eigenvalue weighted by Gasteiger charge is 2.30. The summed E-state index contributed by atoms with van der Waals surface area (Å²) in [6.07, 6.45) is 1.02. The van der Waals surface area contributed by atoms with E-state index in [2.05, 4.69) is 24.1 Å². The molecular formula is C16H24ClN3O. The van der Waals surface area contributed by atoms with Gasteiger partial charge in [0.2, 0.25) is 0 Å². The number of anilines is 1. The lowest BCUT2D eigenvalue weighted by molar-refractivity contribution is 0.101. The maximum atomic E-state index is 12.4. The highest BCUT2D eigenvalue weighted by molar-refractivity contribution is 6.30. The van der Waals surface area contributed by atoms with Gasteiger partial charge in [0.05, 0.1) is 0 Å². The lowest BCUT2D eigenvalue weighted by Gasteiger charge is -2.40. The van der Waals surface area contributed by atoms with Gasteiger partial charge in [0.1, 0.15) is 0 Å². The van der Waals surface area contributed by atoms with Crippen LogP contribution >= 0.6 is 11.6 Å². The summed E-state index contributed by atoms with van der Waals surface area (Å²) in [6.45, 7) is 7.59. The molecule has 2 atom stereocenters. The lowest BCUT2D eigenvalue weighted by Crippen LogP contribution is -2.51. The predicted octanol–water partition coefficient (Wildman–Crippen LogP) is 3.53. The van der Waals surface area contributed by atoms with E-state index in [0.29, 0.717) is 10.9 Å². The molecule has 116 valence electrons. The van der Waals surface area contributed by atoms with Crippen LogP contribution in [0.25, 0.3) is 0 Å².